The molecule has 2 rings (SSSR count). The van der Waals surface area contributed by atoms with Crippen LogP contribution in [0.5, 0.6) is 11.5 Å². The number of phenols is 1. The van der Waals surface area contributed by atoms with Crippen LogP contribution in [0.15, 0.2) is 48.5 Å². The number of aromatic hydroxyl groups is 1. The molecule has 2 N–H and O–H groups in total. The lowest BCUT2D eigenvalue weighted by atomic mass is 10.1. The van der Waals surface area contributed by atoms with Crippen molar-refractivity contribution in [1.29, 1.82) is 0 Å². The standard InChI is InChI=1S/C18H23NO2/c1-14(19-2)6-7-15-8-10-18(11-9-15)21-13-16-4-3-5-17(20)12-16/h3-5,8-12,14,19-20H,6-7,13H2,1-2H3. The number of hydrogen-bond acceptors (Lipinski definition) is 3. The summed E-state index contributed by atoms with van der Waals surface area (Å²) in [6.45, 7) is 2.65. The largest absolute Gasteiger partial charge is 0.508 e. The lowest BCUT2D eigenvalue weighted by molar-refractivity contribution is 0.305. The molecule has 0 saturated carbocycles. The van der Waals surface area contributed by atoms with Crippen molar-refractivity contribution in [3.8, 4) is 11.5 Å². The van der Waals surface area contributed by atoms with E-state index in [1.807, 2.05) is 31.3 Å². The Bertz CT molecular complexity index is 551. The van der Waals surface area contributed by atoms with E-state index in [1.165, 1.54) is 5.56 Å². The van der Waals surface area contributed by atoms with Crippen LogP contribution < -0.4 is 10.1 Å². The van der Waals surface area contributed by atoms with Crippen LogP contribution in [0.25, 0.3) is 0 Å². The van der Waals surface area contributed by atoms with Gasteiger partial charge in [0, 0.05) is 6.04 Å². The zero-order valence-corrected chi connectivity index (χ0v) is 12.7. The van der Waals surface area contributed by atoms with E-state index in [2.05, 4.69) is 24.4 Å². The number of rotatable bonds is 7. The second-order valence-electron chi connectivity index (χ2n) is 5.33. The summed E-state index contributed by atoms with van der Waals surface area (Å²) in [4.78, 5) is 0. The van der Waals surface area contributed by atoms with Crippen molar-refractivity contribution >= 4 is 0 Å². The molecule has 2 aromatic rings. The van der Waals surface area contributed by atoms with Crippen molar-refractivity contribution in [1.82, 2.24) is 5.32 Å². The minimum absolute atomic E-state index is 0.269. The van der Waals surface area contributed by atoms with Gasteiger partial charge in [-0.25, -0.2) is 0 Å². The van der Waals surface area contributed by atoms with E-state index in [0.717, 1.165) is 24.2 Å². The van der Waals surface area contributed by atoms with Gasteiger partial charge < -0.3 is 15.2 Å². The fourth-order valence-electron chi connectivity index (χ4n) is 2.09. The first-order valence-electron chi connectivity index (χ1n) is 7.34. The molecule has 0 saturated heterocycles. The van der Waals surface area contributed by atoms with Gasteiger partial charge in [0.1, 0.15) is 18.1 Å². The molecule has 21 heavy (non-hydrogen) atoms. The molecule has 0 aliphatic carbocycles. The summed E-state index contributed by atoms with van der Waals surface area (Å²) in [6, 6.07) is 15.9. The minimum atomic E-state index is 0.269. The van der Waals surface area contributed by atoms with E-state index in [4.69, 9.17) is 4.74 Å². The Balaban J connectivity index is 1.85. The van der Waals surface area contributed by atoms with Crippen LogP contribution in [-0.2, 0) is 13.0 Å². The molecule has 3 nitrogen and oxygen atoms in total. The van der Waals surface area contributed by atoms with Crippen molar-refractivity contribution in [2.75, 3.05) is 7.05 Å². The maximum atomic E-state index is 9.41. The average Bonchev–Trinajstić information content (AvgIpc) is 2.51. The lowest BCUT2D eigenvalue weighted by Gasteiger charge is -2.10. The van der Waals surface area contributed by atoms with Gasteiger partial charge in [-0.3, -0.25) is 0 Å². The van der Waals surface area contributed by atoms with Gasteiger partial charge in [0.2, 0.25) is 0 Å². The average molecular weight is 285 g/mol. The second kappa shape index (κ2) is 7.70. The topological polar surface area (TPSA) is 41.5 Å². The predicted molar refractivity (Wildman–Crippen MR) is 85.7 cm³/mol. The third-order valence-electron chi connectivity index (χ3n) is 3.60. The second-order valence-corrected chi connectivity index (χ2v) is 5.33. The molecule has 1 atom stereocenters. The van der Waals surface area contributed by atoms with Crippen LogP contribution in [0.1, 0.15) is 24.5 Å². The van der Waals surface area contributed by atoms with Crippen LogP contribution >= 0.6 is 0 Å². The van der Waals surface area contributed by atoms with Crippen molar-refractivity contribution in [3.05, 3.63) is 59.7 Å². The third-order valence-corrected chi connectivity index (χ3v) is 3.60. The highest BCUT2D eigenvalue weighted by atomic mass is 16.5. The molecule has 0 heterocycles. The summed E-state index contributed by atoms with van der Waals surface area (Å²) in [6.07, 6.45) is 2.19. The van der Waals surface area contributed by atoms with Gasteiger partial charge >= 0.3 is 0 Å². The first-order chi connectivity index (χ1) is 10.2. The molecule has 0 aliphatic heterocycles. The molecule has 0 radical (unpaired) electrons. The van der Waals surface area contributed by atoms with E-state index < -0.39 is 0 Å². The van der Waals surface area contributed by atoms with Crippen molar-refractivity contribution in [2.24, 2.45) is 0 Å². The van der Waals surface area contributed by atoms with Gasteiger partial charge in [0.15, 0.2) is 0 Å². The smallest absolute Gasteiger partial charge is 0.119 e. The predicted octanol–water partition coefficient (Wildman–Crippen LogP) is 3.51. The summed E-state index contributed by atoms with van der Waals surface area (Å²) >= 11 is 0. The Labute approximate surface area is 126 Å². The van der Waals surface area contributed by atoms with E-state index in [1.54, 1.807) is 12.1 Å². The molecule has 2 aromatic carbocycles. The number of phenolic OH excluding ortho intramolecular Hbond substituents is 1. The summed E-state index contributed by atoms with van der Waals surface area (Å²) in [7, 11) is 1.99. The maximum absolute atomic E-state index is 9.41. The van der Waals surface area contributed by atoms with Gasteiger partial charge in [0.25, 0.3) is 0 Å². The molecule has 0 bridgehead atoms. The lowest BCUT2D eigenvalue weighted by Crippen LogP contribution is -2.21. The first kappa shape index (κ1) is 15.4. The molecule has 1 unspecified atom stereocenters. The van der Waals surface area contributed by atoms with Crippen LogP contribution in [0.3, 0.4) is 0 Å². The quantitative estimate of drug-likeness (QED) is 0.818. The van der Waals surface area contributed by atoms with E-state index in [0.29, 0.717) is 12.6 Å². The molecule has 0 spiro atoms. The van der Waals surface area contributed by atoms with E-state index in [9.17, 15) is 5.11 Å². The number of ether oxygens (including phenoxy) is 1. The van der Waals surface area contributed by atoms with Gasteiger partial charge in [-0.1, -0.05) is 24.3 Å². The Morgan fingerprint density at radius 2 is 1.86 bits per heavy atom. The summed E-state index contributed by atoms with van der Waals surface area (Å²) in [5.74, 6) is 1.12. The molecule has 0 fully saturated rings. The van der Waals surface area contributed by atoms with Gasteiger partial charge in [-0.2, -0.15) is 0 Å². The fourth-order valence-corrected chi connectivity index (χ4v) is 2.09. The molecular weight excluding hydrogens is 262 g/mol. The number of nitrogens with one attached hydrogen (secondary N) is 1. The van der Waals surface area contributed by atoms with Crippen LogP contribution in [0, 0.1) is 0 Å². The van der Waals surface area contributed by atoms with Crippen LogP contribution in [0.4, 0.5) is 0 Å². The Morgan fingerprint density at radius 3 is 2.52 bits per heavy atom. The summed E-state index contributed by atoms with van der Waals surface area (Å²) in [5, 5.41) is 12.7. The highest BCUT2D eigenvalue weighted by molar-refractivity contribution is 5.29. The zero-order chi connectivity index (χ0) is 15.1. The first-order valence-corrected chi connectivity index (χ1v) is 7.34. The Morgan fingerprint density at radius 1 is 1.10 bits per heavy atom. The molecule has 112 valence electrons. The number of aryl methyl sites for hydroxylation is 1. The molecule has 0 amide bonds. The van der Waals surface area contributed by atoms with Gasteiger partial charge in [-0.15, -0.1) is 0 Å². The maximum Gasteiger partial charge on any atom is 0.119 e. The normalized spacial score (nSPS) is 12.1. The van der Waals surface area contributed by atoms with Crippen molar-refractivity contribution in [3.63, 3.8) is 0 Å². The molecular formula is C18H23NO2. The van der Waals surface area contributed by atoms with Gasteiger partial charge in [-0.05, 0) is 62.2 Å². The van der Waals surface area contributed by atoms with Crippen LogP contribution in [-0.4, -0.2) is 18.2 Å². The third kappa shape index (κ3) is 5.12. The van der Waals surface area contributed by atoms with Gasteiger partial charge in [0.05, 0.1) is 0 Å². The number of benzene rings is 2. The molecule has 0 aromatic heterocycles. The molecule has 0 aliphatic rings. The summed E-state index contributed by atoms with van der Waals surface area (Å²) < 4.78 is 5.73. The minimum Gasteiger partial charge on any atom is -0.508 e. The highest BCUT2D eigenvalue weighted by Crippen LogP contribution is 2.17. The summed E-state index contributed by atoms with van der Waals surface area (Å²) in [5.41, 5.74) is 2.28. The Kier molecular flexibility index (Phi) is 5.64. The zero-order valence-electron chi connectivity index (χ0n) is 12.7. The number of hydrogen-bond donors (Lipinski definition) is 2. The molecule has 3 heteroatoms. The SMILES string of the molecule is CNC(C)CCc1ccc(OCc2cccc(O)c2)cc1. The Hall–Kier alpha value is -2.00. The van der Waals surface area contributed by atoms with Crippen molar-refractivity contribution < 1.29 is 9.84 Å². The van der Waals surface area contributed by atoms with E-state index in [-0.39, 0.29) is 5.75 Å². The van der Waals surface area contributed by atoms with Crippen LogP contribution in [0.2, 0.25) is 0 Å². The highest BCUT2D eigenvalue weighted by Gasteiger charge is 2.01. The fraction of sp³-hybridized carbons (Fsp3) is 0.333. The monoisotopic (exact) mass is 285 g/mol. The van der Waals surface area contributed by atoms with Crippen molar-refractivity contribution in [2.45, 2.75) is 32.4 Å². The van der Waals surface area contributed by atoms with E-state index >= 15 is 0 Å².